The van der Waals surface area contributed by atoms with Gasteiger partial charge in [-0.25, -0.2) is 4.79 Å². The fraction of sp³-hybridized carbons (Fsp3) is 0.875. The Morgan fingerprint density at radius 1 is 1.27 bits per heavy atom. The molecule has 2 heterocycles. The number of nitrogens with zero attached hydrogens (tertiary/aromatic N) is 1. The lowest BCUT2D eigenvalue weighted by Gasteiger charge is -2.35. The van der Waals surface area contributed by atoms with Crippen LogP contribution in [-0.2, 0) is 19.0 Å². The van der Waals surface area contributed by atoms with Gasteiger partial charge in [0.2, 0.25) is 0 Å². The maximum atomic E-state index is 12.5. The summed E-state index contributed by atoms with van der Waals surface area (Å²) >= 11 is 0. The first kappa shape index (κ1) is 17.2. The molecule has 0 bridgehead atoms. The molecular formula is C16H27NO5. The van der Waals surface area contributed by atoms with E-state index in [2.05, 4.69) is 0 Å². The highest BCUT2D eigenvalue weighted by Crippen LogP contribution is 2.20. The van der Waals surface area contributed by atoms with E-state index in [0.717, 1.165) is 25.9 Å². The van der Waals surface area contributed by atoms with Crippen LogP contribution < -0.4 is 0 Å². The second-order valence-corrected chi connectivity index (χ2v) is 6.90. The van der Waals surface area contributed by atoms with Gasteiger partial charge in [-0.15, -0.1) is 0 Å². The number of carbonyl (C=O) groups excluding carboxylic acids is 2. The molecule has 22 heavy (non-hydrogen) atoms. The van der Waals surface area contributed by atoms with Crippen LogP contribution in [0.4, 0.5) is 4.79 Å². The van der Waals surface area contributed by atoms with Gasteiger partial charge in [0, 0.05) is 19.6 Å². The molecule has 2 atom stereocenters. The molecular weight excluding hydrogens is 286 g/mol. The van der Waals surface area contributed by atoms with Gasteiger partial charge in [-0.1, -0.05) is 0 Å². The minimum atomic E-state index is -0.569. The van der Waals surface area contributed by atoms with Gasteiger partial charge in [0.25, 0.3) is 0 Å². The monoisotopic (exact) mass is 313 g/mol. The summed E-state index contributed by atoms with van der Waals surface area (Å²) in [5.74, 6) is 0.0288. The van der Waals surface area contributed by atoms with E-state index in [0.29, 0.717) is 19.6 Å². The Kier molecular flexibility index (Phi) is 5.81. The van der Waals surface area contributed by atoms with Crippen molar-refractivity contribution in [3.63, 3.8) is 0 Å². The molecule has 6 heteroatoms. The number of ether oxygens (including phenoxy) is 3. The molecule has 6 nitrogen and oxygen atoms in total. The molecule has 0 N–H and O–H groups in total. The largest absolute Gasteiger partial charge is 0.444 e. The Morgan fingerprint density at radius 3 is 2.68 bits per heavy atom. The molecule has 1 amide bonds. The van der Waals surface area contributed by atoms with Crippen molar-refractivity contribution in [3.05, 3.63) is 0 Å². The average Bonchev–Trinajstić information content (AvgIpc) is 2.96. The summed E-state index contributed by atoms with van der Waals surface area (Å²) in [6.45, 7) is 7.33. The third-order valence-corrected chi connectivity index (χ3v) is 3.86. The molecule has 0 aromatic heterocycles. The van der Waals surface area contributed by atoms with Crippen molar-refractivity contribution < 1.29 is 23.8 Å². The average molecular weight is 313 g/mol. The summed E-state index contributed by atoms with van der Waals surface area (Å²) in [6.07, 6.45) is 2.96. The summed E-state index contributed by atoms with van der Waals surface area (Å²) in [5.41, 5.74) is -0.569. The molecule has 0 saturated carbocycles. The fourth-order valence-corrected chi connectivity index (χ4v) is 2.75. The van der Waals surface area contributed by atoms with Gasteiger partial charge in [-0.3, -0.25) is 9.69 Å². The number of Topliss-reactive ketones (excluding diaryl/α,β-unsaturated/α-hetero) is 1. The minimum Gasteiger partial charge on any atom is -0.444 e. The van der Waals surface area contributed by atoms with Gasteiger partial charge in [0.1, 0.15) is 11.6 Å². The SMILES string of the molecule is CC(C)(C)OC(=O)N1CCOCC1C(=O)CCC1CCCO1. The maximum absolute atomic E-state index is 12.5. The van der Waals surface area contributed by atoms with E-state index in [1.165, 1.54) is 4.90 Å². The molecule has 0 spiro atoms. The van der Waals surface area contributed by atoms with E-state index in [9.17, 15) is 9.59 Å². The molecule has 2 aliphatic rings. The lowest BCUT2D eigenvalue weighted by atomic mass is 10.0. The maximum Gasteiger partial charge on any atom is 0.411 e. The fourth-order valence-electron chi connectivity index (χ4n) is 2.75. The van der Waals surface area contributed by atoms with Crippen molar-refractivity contribution in [1.82, 2.24) is 4.90 Å². The normalized spacial score (nSPS) is 26.0. The van der Waals surface area contributed by atoms with Gasteiger partial charge in [-0.2, -0.15) is 0 Å². The molecule has 2 fully saturated rings. The van der Waals surface area contributed by atoms with E-state index in [4.69, 9.17) is 14.2 Å². The van der Waals surface area contributed by atoms with Crippen LogP contribution in [0, 0.1) is 0 Å². The number of hydrogen-bond acceptors (Lipinski definition) is 5. The quantitative estimate of drug-likeness (QED) is 0.795. The Labute approximate surface area is 132 Å². The van der Waals surface area contributed by atoms with Crippen LogP contribution in [0.2, 0.25) is 0 Å². The molecule has 2 rings (SSSR count). The number of ketones is 1. The van der Waals surface area contributed by atoms with Crippen LogP contribution in [0.3, 0.4) is 0 Å². The summed E-state index contributed by atoms with van der Waals surface area (Å²) < 4.78 is 16.3. The number of rotatable bonds is 4. The zero-order valence-electron chi connectivity index (χ0n) is 13.8. The molecule has 0 aromatic carbocycles. The van der Waals surface area contributed by atoms with Crippen LogP contribution in [0.5, 0.6) is 0 Å². The first-order chi connectivity index (χ1) is 10.4. The highest BCUT2D eigenvalue weighted by atomic mass is 16.6. The van der Waals surface area contributed by atoms with E-state index < -0.39 is 17.7 Å². The Balaban J connectivity index is 1.90. The van der Waals surface area contributed by atoms with Crippen LogP contribution in [0.25, 0.3) is 0 Å². The predicted molar refractivity (Wildman–Crippen MR) is 80.8 cm³/mol. The summed E-state index contributed by atoms with van der Waals surface area (Å²) in [6, 6.07) is -0.537. The lowest BCUT2D eigenvalue weighted by molar-refractivity contribution is -0.130. The second kappa shape index (κ2) is 7.42. The second-order valence-electron chi connectivity index (χ2n) is 6.90. The van der Waals surface area contributed by atoms with Crippen LogP contribution >= 0.6 is 0 Å². The minimum absolute atomic E-state index is 0.0288. The van der Waals surface area contributed by atoms with Gasteiger partial charge >= 0.3 is 6.09 Å². The van der Waals surface area contributed by atoms with Gasteiger partial charge < -0.3 is 14.2 Å². The highest BCUT2D eigenvalue weighted by Gasteiger charge is 2.35. The zero-order valence-corrected chi connectivity index (χ0v) is 13.8. The third kappa shape index (κ3) is 4.95. The van der Waals surface area contributed by atoms with E-state index >= 15 is 0 Å². The van der Waals surface area contributed by atoms with Gasteiger partial charge in [-0.05, 0) is 40.0 Å². The first-order valence-electron chi connectivity index (χ1n) is 8.08. The summed E-state index contributed by atoms with van der Waals surface area (Å²) in [7, 11) is 0. The number of morpholine rings is 1. The van der Waals surface area contributed by atoms with Crippen molar-refractivity contribution >= 4 is 11.9 Å². The van der Waals surface area contributed by atoms with E-state index in [1.54, 1.807) is 0 Å². The van der Waals surface area contributed by atoms with Crippen LogP contribution in [-0.4, -0.2) is 60.9 Å². The molecule has 0 aliphatic carbocycles. The lowest BCUT2D eigenvalue weighted by Crippen LogP contribution is -2.53. The van der Waals surface area contributed by atoms with Crippen molar-refractivity contribution in [2.75, 3.05) is 26.4 Å². The highest BCUT2D eigenvalue weighted by molar-refractivity contribution is 5.87. The summed E-state index contributed by atoms with van der Waals surface area (Å²) in [5, 5.41) is 0. The van der Waals surface area contributed by atoms with Crippen molar-refractivity contribution in [2.24, 2.45) is 0 Å². The Bertz CT molecular complexity index is 398. The van der Waals surface area contributed by atoms with E-state index in [1.807, 2.05) is 20.8 Å². The topological polar surface area (TPSA) is 65.1 Å². The van der Waals surface area contributed by atoms with Gasteiger partial charge in [0.05, 0.1) is 19.3 Å². The smallest absolute Gasteiger partial charge is 0.411 e. The standard InChI is InChI=1S/C16H27NO5/c1-16(2,3)22-15(19)17-8-10-20-11-13(17)14(18)7-6-12-5-4-9-21-12/h12-13H,4-11H2,1-3H3. The van der Waals surface area contributed by atoms with Gasteiger partial charge in [0.15, 0.2) is 5.78 Å². The van der Waals surface area contributed by atoms with Crippen LogP contribution in [0.1, 0.15) is 46.5 Å². The molecule has 2 saturated heterocycles. The number of hydrogen-bond donors (Lipinski definition) is 0. The molecule has 2 aliphatic heterocycles. The first-order valence-corrected chi connectivity index (χ1v) is 8.08. The number of amides is 1. The molecule has 126 valence electrons. The zero-order chi connectivity index (χ0) is 16.2. The van der Waals surface area contributed by atoms with E-state index in [-0.39, 0.29) is 18.5 Å². The Hall–Kier alpha value is -1.14. The third-order valence-electron chi connectivity index (χ3n) is 3.86. The molecule has 0 radical (unpaired) electrons. The number of carbonyl (C=O) groups is 2. The Morgan fingerprint density at radius 2 is 2.05 bits per heavy atom. The predicted octanol–water partition coefficient (Wildman–Crippen LogP) is 2.15. The molecule has 2 unspecified atom stereocenters. The molecule has 0 aromatic rings. The summed E-state index contributed by atoms with van der Waals surface area (Å²) in [4.78, 5) is 26.2. The van der Waals surface area contributed by atoms with Crippen molar-refractivity contribution in [1.29, 1.82) is 0 Å². The van der Waals surface area contributed by atoms with Crippen molar-refractivity contribution in [3.8, 4) is 0 Å². The van der Waals surface area contributed by atoms with Crippen LogP contribution in [0.15, 0.2) is 0 Å². The van der Waals surface area contributed by atoms with Crippen molar-refractivity contribution in [2.45, 2.75) is 64.2 Å².